The molecule has 0 saturated carbocycles. The lowest BCUT2D eigenvalue weighted by Crippen LogP contribution is -2.30. The van der Waals surface area contributed by atoms with Gasteiger partial charge in [0, 0.05) is 25.0 Å². The van der Waals surface area contributed by atoms with Crippen LogP contribution in [0.5, 0.6) is 0 Å². The van der Waals surface area contributed by atoms with Crippen molar-refractivity contribution in [3.05, 3.63) is 23.5 Å². The van der Waals surface area contributed by atoms with Crippen LogP contribution in [0.3, 0.4) is 0 Å². The van der Waals surface area contributed by atoms with Crippen LogP contribution < -0.4 is 10.6 Å². The molecule has 0 aliphatic carbocycles. The molecule has 15 heavy (non-hydrogen) atoms. The maximum Gasteiger partial charge on any atom is 0.255 e. The Balaban J connectivity index is 2.97. The lowest BCUT2D eigenvalue weighted by molar-refractivity contribution is 0.0943. The van der Waals surface area contributed by atoms with E-state index in [9.17, 15) is 4.79 Å². The number of aryl methyl sites for hydroxylation is 1. The molecule has 82 valence electrons. The Labute approximate surface area is 90.1 Å². The predicted octanol–water partition coefficient (Wildman–Crippen LogP) is 1.57. The first-order valence-electron chi connectivity index (χ1n) is 5.00. The number of amides is 1. The highest BCUT2D eigenvalue weighted by atomic mass is 16.1. The zero-order chi connectivity index (χ0) is 11.4. The van der Waals surface area contributed by atoms with E-state index in [1.54, 1.807) is 13.2 Å². The molecule has 0 spiro atoms. The molecule has 0 aromatic carbocycles. The largest absolute Gasteiger partial charge is 0.387 e. The van der Waals surface area contributed by atoms with Crippen LogP contribution in [0.15, 0.2) is 12.3 Å². The first-order valence-corrected chi connectivity index (χ1v) is 5.00. The quantitative estimate of drug-likeness (QED) is 0.791. The number of aromatic nitrogens is 1. The lowest BCUT2D eigenvalue weighted by Gasteiger charge is -2.11. The number of carbonyl (C=O) groups excluding carboxylic acids is 1. The van der Waals surface area contributed by atoms with Crippen LogP contribution in [-0.4, -0.2) is 24.0 Å². The van der Waals surface area contributed by atoms with E-state index >= 15 is 0 Å². The molecule has 1 amide bonds. The molecule has 1 heterocycles. The van der Waals surface area contributed by atoms with Gasteiger partial charge in [-0.2, -0.15) is 0 Å². The van der Waals surface area contributed by atoms with Crippen molar-refractivity contribution in [2.24, 2.45) is 0 Å². The van der Waals surface area contributed by atoms with Gasteiger partial charge in [-0.3, -0.25) is 9.78 Å². The Kier molecular flexibility index (Phi) is 3.66. The number of nitrogens with zero attached hydrogens (tertiary/aromatic N) is 1. The monoisotopic (exact) mass is 207 g/mol. The van der Waals surface area contributed by atoms with Gasteiger partial charge in [0.25, 0.3) is 5.91 Å². The van der Waals surface area contributed by atoms with Gasteiger partial charge in [-0.1, -0.05) is 0 Å². The third-order valence-electron chi connectivity index (χ3n) is 1.97. The van der Waals surface area contributed by atoms with Gasteiger partial charge in [0.1, 0.15) is 0 Å². The lowest BCUT2D eigenvalue weighted by atomic mass is 10.2. The summed E-state index contributed by atoms with van der Waals surface area (Å²) in [5, 5.41) is 5.82. The van der Waals surface area contributed by atoms with Crippen molar-refractivity contribution in [3.8, 4) is 0 Å². The van der Waals surface area contributed by atoms with E-state index in [0.29, 0.717) is 5.56 Å². The number of nitrogens with one attached hydrogen (secondary N) is 2. The summed E-state index contributed by atoms with van der Waals surface area (Å²) in [5.74, 6) is -0.0955. The summed E-state index contributed by atoms with van der Waals surface area (Å²) < 4.78 is 0. The summed E-state index contributed by atoms with van der Waals surface area (Å²) >= 11 is 0. The summed E-state index contributed by atoms with van der Waals surface area (Å²) in [6, 6.07) is 1.98. The zero-order valence-electron chi connectivity index (χ0n) is 9.59. The molecular formula is C11H17N3O. The van der Waals surface area contributed by atoms with Crippen molar-refractivity contribution in [1.29, 1.82) is 0 Å². The Morgan fingerprint density at radius 3 is 2.67 bits per heavy atom. The Hall–Kier alpha value is -1.58. The van der Waals surface area contributed by atoms with Gasteiger partial charge in [0.05, 0.1) is 11.3 Å². The summed E-state index contributed by atoms with van der Waals surface area (Å²) in [6.45, 7) is 5.75. The van der Waals surface area contributed by atoms with Gasteiger partial charge >= 0.3 is 0 Å². The summed E-state index contributed by atoms with van der Waals surface area (Å²) in [7, 11) is 1.79. The van der Waals surface area contributed by atoms with E-state index in [1.807, 2.05) is 26.8 Å². The fourth-order valence-corrected chi connectivity index (χ4v) is 1.29. The van der Waals surface area contributed by atoms with Crippen molar-refractivity contribution in [3.63, 3.8) is 0 Å². The normalized spacial score (nSPS) is 10.2. The van der Waals surface area contributed by atoms with Gasteiger partial charge in [0.15, 0.2) is 0 Å². The SMILES string of the molecule is CNc1cc(C)ncc1C(=O)NC(C)C. The number of hydrogen-bond donors (Lipinski definition) is 2. The van der Waals surface area contributed by atoms with Crippen LogP contribution in [0.2, 0.25) is 0 Å². The van der Waals surface area contributed by atoms with Crippen molar-refractivity contribution in [2.45, 2.75) is 26.8 Å². The fraction of sp³-hybridized carbons (Fsp3) is 0.455. The van der Waals surface area contributed by atoms with Gasteiger partial charge in [-0.05, 0) is 26.8 Å². The van der Waals surface area contributed by atoms with Crippen LogP contribution in [-0.2, 0) is 0 Å². The number of hydrogen-bond acceptors (Lipinski definition) is 3. The third kappa shape index (κ3) is 2.94. The van der Waals surface area contributed by atoms with Crippen molar-refractivity contribution in [2.75, 3.05) is 12.4 Å². The Morgan fingerprint density at radius 1 is 1.47 bits per heavy atom. The molecule has 0 fully saturated rings. The van der Waals surface area contributed by atoms with Crippen molar-refractivity contribution < 1.29 is 4.79 Å². The first-order chi connectivity index (χ1) is 7.04. The maximum atomic E-state index is 11.8. The second-order valence-corrected chi connectivity index (χ2v) is 3.75. The highest BCUT2D eigenvalue weighted by molar-refractivity contribution is 5.99. The second-order valence-electron chi connectivity index (χ2n) is 3.75. The summed E-state index contributed by atoms with van der Waals surface area (Å²) in [5.41, 5.74) is 2.28. The number of carbonyl (C=O) groups is 1. The minimum atomic E-state index is -0.0955. The molecule has 0 atom stereocenters. The van der Waals surface area contributed by atoms with E-state index in [2.05, 4.69) is 15.6 Å². The van der Waals surface area contributed by atoms with Crippen LogP contribution in [0, 0.1) is 6.92 Å². The number of anilines is 1. The highest BCUT2D eigenvalue weighted by Gasteiger charge is 2.11. The molecule has 1 aromatic rings. The van der Waals surface area contributed by atoms with E-state index in [1.165, 1.54) is 0 Å². The molecule has 4 nitrogen and oxygen atoms in total. The zero-order valence-corrected chi connectivity index (χ0v) is 9.59. The van der Waals surface area contributed by atoms with Gasteiger partial charge in [-0.15, -0.1) is 0 Å². The standard InChI is InChI=1S/C11H17N3O/c1-7(2)14-11(15)9-6-13-8(3)5-10(9)12-4/h5-7H,1-4H3,(H,12,13)(H,14,15). The van der Waals surface area contributed by atoms with Gasteiger partial charge in [0.2, 0.25) is 0 Å². The molecule has 0 bridgehead atoms. The van der Waals surface area contributed by atoms with E-state index in [-0.39, 0.29) is 11.9 Å². The first kappa shape index (κ1) is 11.5. The molecule has 0 unspecified atom stereocenters. The molecule has 0 radical (unpaired) electrons. The smallest absolute Gasteiger partial charge is 0.255 e. The molecular weight excluding hydrogens is 190 g/mol. The molecule has 0 aliphatic heterocycles. The van der Waals surface area contributed by atoms with E-state index in [0.717, 1.165) is 11.4 Å². The number of pyridine rings is 1. The molecule has 1 aromatic heterocycles. The van der Waals surface area contributed by atoms with E-state index < -0.39 is 0 Å². The molecule has 4 heteroatoms. The maximum absolute atomic E-state index is 11.8. The average Bonchev–Trinajstić information content (AvgIpc) is 2.16. The van der Waals surface area contributed by atoms with Crippen molar-refractivity contribution >= 4 is 11.6 Å². The van der Waals surface area contributed by atoms with Crippen LogP contribution in [0.1, 0.15) is 29.9 Å². The van der Waals surface area contributed by atoms with E-state index in [4.69, 9.17) is 0 Å². The minimum absolute atomic E-state index is 0.0955. The van der Waals surface area contributed by atoms with Gasteiger partial charge in [-0.25, -0.2) is 0 Å². The average molecular weight is 207 g/mol. The predicted molar refractivity (Wildman–Crippen MR) is 61.1 cm³/mol. The second kappa shape index (κ2) is 4.77. The minimum Gasteiger partial charge on any atom is -0.387 e. The fourth-order valence-electron chi connectivity index (χ4n) is 1.29. The topological polar surface area (TPSA) is 54.0 Å². The van der Waals surface area contributed by atoms with Crippen LogP contribution in [0.4, 0.5) is 5.69 Å². The van der Waals surface area contributed by atoms with Gasteiger partial charge < -0.3 is 10.6 Å². The molecule has 1 rings (SSSR count). The highest BCUT2D eigenvalue weighted by Crippen LogP contribution is 2.14. The van der Waals surface area contributed by atoms with Crippen molar-refractivity contribution in [1.82, 2.24) is 10.3 Å². The summed E-state index contributed by atoms with van der Waals surface area (Å²) in [4.78, 5) is 15.9. The Bertz CT molecular complexity index is 361. The molecule has 0 aliphatic rings. The number of rotatable bonds is 3. The third-order valence-corrected chi connectivity index (χ3v) is 1.97. The Morgan fingerprint density at radius 2 is 2.13 bits per heavy atom. The summed E-state index contributed by atoms with van der Waals surface area (Å²) in [6.07, 6.45) is 1.60. The molecule has 2 N–H and O–H groups in total. The molecule has 0 saturated heterocycles. The van der Waals surface area contributed by atoms with Crippen LogP contribution in [0.25, 0.3) is 0 Å². The van der Waals surface area contributed by atoms with Crippen LogP contribution >= 0.6 is 0 Å².